The molecule has 0 aliphatic carbocycles. The topological polar surface area (TPSA) is 457 Å². The summed E-state index contributed by atoms with van der Waals surface area (Å²) in [4.78, 5) is 145. The number of hydrogen-bond donors (Lipinski definition) is 11. The van der Waals surface area contributed by atoms with Crippen LogP contribution in [-0.2, 0) is 56.0 Å². The van der Waals surface area contributed by atoms with E-state index < -0.39 is 145 Å². The third-order valence-corrected chi connectivity index (χ3v) is 21.3. The van der Waals surface area contributed by atoms with Crippen LogP contribution in [0, 0.1) is 0 Å². The number of aromatic hydroxyl groups is 1. The van der Waals surface area contributed by atoms with Crippen molar-refractivity contribution in [2.45, 2.75) is 114 Å². The summed E-state index contributed by atoms with van der Waals surface area (Å²) >= 11 is 4.51. The fraction of sp³-hybridized carbons (Fsp3) is 0.387. The smallest absolute Gasteiger partial charge is 0.358 e. The van der Waals surface area contributed by atoms with Crippen LogP contribution in [0.1, 0.15) is 125 Å². The second-order valence-electron chi connectivity index (χ2n) is 24.0. The Morgan fingerprint density at radius 1 is 0.860 bits per heavy atom. The molecule has 7 aromatic heterocycles. The molecule has 1 saturated heterocycles. The number of thiazole rings is 5. The average Bonchev–Trinajstić information content (AvgIpc) is 1.56. The van der Waals surface area contributed by atoms with Crippen molar-refractivity contribution in [3.63, 3.8) is 0 Å². The van der Waals surface area contributed by atoms with Crippen LogP contribution in [0.2, 0.25) is 0 Å². The highest BCUT2D eigenvalue weighted by molar-refractivity contribution is 7.14. The summed E-state index contributed by atoms with van der Waals surface area (Å²) in [5.41, 5.74) is 2.77. The number of cyclic esters (lactones) is 2. The molecule has 1 fully saturated rings. The lowest BCUT2D eigenvalue weighted by Gasteiger charge is -2.48. The summed E-state index contributed by atoms with van der Waals surface area (Å²) in [6.07, 6.45) is -7.56. The monoisotopic (exact) mass is 1470 g/mol. The maximum absolute atomic E-state index is 15.2. The first-order chi connectivity index (χ1) is 47.7. The molecule has 100 heavy (non-hydrogen) atoms. The highest BCUT2D eigenvalue weighted by Crippen LogP contribution is 2.43. The largest absolute Gasteiger partial charge is 0.506 e. The number of aliphatic hydroxyl groups excluding tert-OH is 1. The quantitative estimate of drug-likeness (QED) is 0.0504. The van der Waals surface area contributed by atoms with E-state index in [1.807, 2.05) is 0 Å². The second-order valence-corrected chi connectivity index (χ2v) is 28.4. The minimum Gasteiger partial charge on any atom is -0.506 e. The normalized spacial score (nSPS) is 24.1. The van der Waals surface area contributed by atoms with Gasteiger partial charge in [-0.1, -0.05) is 12.1 Å². The highest BCUT2D eigenvalue weighted by atomic mass is 32.1. The van der Waals surface area contributed by atoms with E-state index in [0.717, 1.165) is 56.7 Å². The van der Waals surface area contributed by atoms with Crippen LogP contribution in [0.3, 0.4) is 0 Å². The zero-order chi connectivity index (χ0) is 71.3. The van der Waals surface area contributed by atoms with Gasteiger partial charge in [0.15, 0.2) is 18.1 Å². The molecule has 11 atom stereocenters. The molecule has 4 aliphatic rings. The number of nitrogens with two attached hydrogens (primary N) is 1. The number of pyridine rings is 1. The van der Waals surface area contributed by atoms with Gasteiger partial charge in [-0.05, 0) is 66.5 Å². The van der Waals surface area contributed by atoms with Crippen LogP contribution in [-0.4, -0.2) is 203 Å². The molecule has 1 aromatic carbocycles. The molecule has 6 amide bonds. The van der Waals surface area contributed by atoms with Gasteiger partial charge in [-0.3, -0.25) is 28.8 Å². The van der Waals surface area contributed by atoms with E-state index in [0.29, 0.717) is 10.3 Å². The van der Waals surface area contributed by atoms with Crippen molar-refractivity contribution in [3.05, 3.63) is 112 Å². The van der Waals surface area contributed by atoms with E-state index in [1.54, 1.807) is 52.0 Å². The molecule has 0 radical (unpaired) electrons. The molecule has 12 N–H and O–H groups in total. The molecule has 4 aliphatic heterocycles. The number of hydrogen-bond acceptors (Lipinski definition) is 31. The molecule has 12 rings (SSSR count). The van der Waals surface area contributed by atoms with Crippen LogP contribution in [0.25, 0.3) is 49.3 Å². The molecule has 0 spiro atoms. The van der Waals surface area contributed by atoms with Gasteiger partial charge < -0.3 is 91.5 Å². The van der Waals surface area contributed by atoms with E-state index in [1.165, 1.54) is 60.0 Å². The number of benzene rings is 1. The molecule has 11 heterocycles. The Morgan fingerprint density at radius 3 is 2.24 bits per heavy atom. The average molecular weight is 1470 g/mol. The van der Waals surface area contributed by atoms with Crippen LogP contribution in [0.5, 0.6) is 5.75 Å². The molecular weight excluding hydrogens is 1400 g/mol. The highest BCUT2D eigenvalue weighted by Gasteiger charge is 2.50. The van der Waals surface area contributed by atoms with Crippen LogP contribution in [0.4, 0.5) is 0 Å². The summed E-state index contributed by atoms with van der Waals surface area (Å²) in [6.45, 7) is 4.25. The lowest BCUT2D eigenvalue weighted by atomic mass is 9.85. The third kappa shape index (κ3) is 14.0. The number of aliphatic hydroxyl groups is 2. The predicted octanol–water partition coefficient (Wildman–Crippen LogP) is 2.97. The number of ether oxygens (including phenoxy) is 6. The summed E-state index contributed by atoms with van der Waals surface area (Å²) < 4.78 is 38.2. The Hall–Kier alpha value is -9.32. The lowest BCUT2D eigenvalue weighted by molar-refractivity contribution is -0.280. The maximum atomic E-state index is 15.2. The van der Waals surface area contributed by atoms with Crippen molar-refractivity contribution in [2.24, 2.45) is 5.73 Å². The Balaban J connectivity index is 1.03. The number of esters is 2. The molecule has 1 unspecified atom stereocenters. The van der Waals surface area contributed by atoms with Gasteiger partial charge in [-0.2, -0.15) is 4.73 Å². The number of nitrogens with one attached hydrogen (secondary N) is 6. The van der Waals surface area contributed by atoms with E-state index in [2.05, 4.69) is 46.9 Å². The number of primary amides is 1. The van der Waals surface area contributed by atoms with Gasteiger partial charge >= 0.3 is 11.9 Å². The van der Waals surface area contributed by atoms with Crippen molar-refractivity contribution in [2.75, 3.05) is 41.4 Å². The van der Waals surface area contributed by atoms with E-state index >= 15 is 14.4 Å². The van der Waals surface area contributed by atoms with Gasteiger partial charge in [0.25, 0.3) is 23.6 Å². The minimum absolute atomic E-state index is 0.00398. The SMILES string of the molecule is CNCC(NC(=O)c1csc(-c2nc3c(cc2O)-c2nc(cs2)C(=O)N[C@@H]([C@@H](C)O)C(=O)N/C(=C(/C)OC)c2nc(cs2)C(=O)N[C@@H]2c4nc(cs4)C(=O)N[C@@H](COC(=O)c4c5c6c(cccc6n4O)COC(=O)[C@@H](O[C@H]4C[C@](C)(O)[C@H](N(C)C)[C@H](C)O4)[C@H]2OC5)c2nc-3cs2)n1)C(N)=O. The molecule has 8 aromatic rings. The van der Waals surface area contributed by atoms with Gasteiger partial charge in [-0.15, -0.1) is 56.7 Å². The third-order valence-electron chi connectivity index (χ3n) is 16.8. The van der Waals surface area contributed by atoms with Gasteiger partial charge in [0.05, 0.1) is 43.1 Å². The summed E-state index contributed by atoms with van der Waals surface area (Å²) in [5, 5.41) is 70.7. The number of aromatic nitrogens is 7. The fourth-order valence-electron chi connectivity index (χ4n) is 12.1. The van der Waals surface area contributed by atoms with Crippen LogP contribution < -0.4 is 37.6 Å². The van der Waals surface area contributed by atoms with Gasteiger partial charge in [-0.25, -0.2) is 39.5 Å². The molecular formula is C62H65N15O18S5. The van der Waals surface area contributed by atoms with E-state index in [-0.39, 0.29) is 111 Å². The van der Waals surface area contributed by atoms with Crippen molar-refractivity contribution in [1.82, 2.24) is 71.4 Å². The summed E-state index contributed by atoms with van der Waals surface area (Å²) in [6, 6.07) is -0.460. The van der Waals surface area contributed by atoms with Crippen molar-refractivity contribution in [3.8, 4) is 38.4 Å². The van der Waals surface area contributed by atoms with Crippen LogP contribution >= 0.6 is 56.7 Å². The minimum atomic E-state index is -1.92. The second kappa shape index (κ2) is 28.7. The number of fused-ring (bicyclic) bond motifs is 15. The first kappa shape index (κ1) is 70.5. The zero-order valence-corrected chi connectivity index (χ0v) is 58.3. The van der Waals surface area contributed by atoms with Gasteiger partial charge in [0.1, 0.15) is 126 Å². The fourth-order valence-corrected chi connectivity index (χ4v) is 16.3. The van der Waals surface area contributed by atoms with E-state index in [4.69, 9.17) is 49.1 Å². The van der Waals surface area contributed by atoms with Crippen molar-refractivity contribution >= 4 is 121 Å². The lowest BCUT2D eigenvalue weighted by Crippen LogP contribution is -2.62. The number of likely N-dealkylation sites (N-methyl/N-ethyl adjacent to an activating group) is 2. The number of methoxy groups -OCH3 is 1. The Morgan fingerprint density at radius 2 is 1.53 bits per heavy atom. The molecule has 38 heteroatoms. The number of rotatable bonds is 11. The molecule has 0 saturated carbocycles. The summed E-state index contributed by atoms with van der Waals surface area (Å²) in [5.74, 6) is -7.98. The predicted molar refractivity (Wildman–Crippen MR) is 359 cm³/mol. The maximum Gasteiger partial charge on any atom is 0.358 e. The zero-order valence-electron chi connectivity index (χ0n) is 54.2. The van der Waals surface area contributed by atoms with Crippen molar-refractivity contribution in [1.29, 1.82) is 0 Å². The molecule has 12 bridgehead atoms. The number of amides is 6. The molecule has 526 valence electrons. The number of nitrogens with zero attached hydrogens (tertiary/aromatic N) is 8. The van der Waals surface area contributed by atoms with E-state index in [9.17, 15) is 44.5 Å². The van der Waals surface area contributed by atoms with Crippen molar-refractivity contribution < 1.29 is 87.3 Å². The van der Waals surface area contributed by atoms with Gasteiger partial charge in [0.2, 0.25) is 11.8 Å². The summed E-state index contributed by atoms with van der Waals surface area (Å²) in [7, 11) is 6.40. The molecule has 33 nitrogen and oxygen atoms in total. The Kier molecular flexibility index (Phi) is 20.3. The Labute approximate surface area is 587 Å². The van der Waals surface area contributed by atoms with Crippen LogP contribution in [0.15, 0.2) is 56.9 Å². The number of allylic oxidation sites excluding steroid dienone is 1. The Bertz CT molecular complexity index is 4590. The first-order valence-electron chi connectivity index (χ1n) is 30.7. The number of carbonyl (C=O) groups is 8. The number of carbonyl (C=O) groups excluding carboxylic acids is 8. The first-order valence-corrected chi connectivity index (χ1v) is 35.1. The van der Waals surface area contributed by atoms with Gasteiger partial charge in [0, 0.05) is 56.4 Å². The standard InChI is InChI=1S/C62H65N15O18S5/c1-23(78)40-54(85)74-41(24(2)90-8)57-69-35(22-98-57)53(84)75-44-46-47(95-38-13-62(4,88)48(76(6)7)25(3)94-38)61(87)92-15-26-10-9-11-36-39(26)28(16-91-46)45(77(36)89)60(86)93-17-30(66-51(82)33-21-100-59(44)71-33)56-67-31(18-97-56)42-27(55-68-34(19-96-55)52(83)73-40)12-37(79)43(72-42)58-70-32(20-99-58)50(81)65-29(14-64-5)49(63)80/h9-12,18-23,25,29-30,38,40,44,46-48,64,78-79,88-89H,13-17H2,1-8H3,(H2,63,80)(H,65,81)(H,66,82)(H,73,83)(H,74,85)(H,75,84)/b41-24-/t23-,25+,29?,30+,38+,40+,44+,46+,47+,48-,62+/m1/s1.